The molecule has 0 spiro atoms. The number of nitrogens with zero attached hydrogens (tertiary/aromatic N) is 4. The van der Waals surface area contributed by atoms with Crippen LogP contribution in [0.25, 0.3) is 10.9 Å². The van der Waals surface area contributed by atoms with Crippen LogP contribution in [0.4, 0.5) is 17.1 Å². The van der Waals surface area contributed by atoms with Crippen molar-refractivity contribution in [1.29, 1.82) is 5.26 Å². The summed E-state index contributed by atoms with van der Waals surface area (Å²) in [5.41, 5.74) is 2.98. The van der Waals surface area contributed by atoms with E-state index in [0.29, 0.717) is 64.1 Å². The van der Waals surface area contributed by atoms with Crippen LogP contribution < -0.4 is 20.1 Å². The zero-order chi connectivity index (χ0) is 33.3. The van der Waals surface area contributed by atoms with Crippen LogP contribution in [0.5, 0.6) is 11.5 Å². The highest BCUT2D eigenvalue weighted by Gasteiger charge is 2.22. The van der Waals surface area contributed by atoms with E-state index < -0.39 is 18.4 Å². The first-order chi connectivity index (χ1) is 22.7. The molecule has 0 saturated carbocycles. The van der Waals surface area contributed by atoms with Gasteiger partial charge in [0.25, 0.3) is 0 Å². The van der Waals surface area contributed by atoms with Crippen molar-refractivity contribution in [1.82, 2.24) is 14.9 Å². The highest BCUT2D eigenvalue weighted by molar-refractivity contribution is 6.32. The number of rotatable bonds is 13. The zero-order valence-corrected chi connectivity index (χ0v) is 26.6. The van der Waals surface area contributed by atoms with Crippen LogP contribution in [0, 0.1) is 11.3 Å². The Kier molecular flexibility index (Phi) is 11.2. The molecule has 13 heteroatoms. The van der Waals surface area contributed by atoms with Crippen LogP contribution in [-0.4, -0.2) is 69.3 Å². The molecule has 3 atom stereocenters. The number of carbonyl (C=O) groups is 1. The number of hydrogen-bond donors (Lipinski definition) is 4. The number of halogens is 1. The Morgan fingerprint density at radius 1 is 1.19 bits per heavy atom. The molecule has 1 aliphatic heterocycles. The van der Waals surface area contributed by atoms with Gasteiger partial charge >= 0.3 is 0 Å². The second-order valence-corrected chi connectivity index (χ2v) is 11.3. The number of fused-ring (bicyclic) bond motifs is 1. The predicted molar refractivity (Wildman–Crippen MR) is 177 cm³/mol. The van der Waals surface area contributed by atoms with Crippen LogP contribution in [0.2, 0.25) is 5.02 Å². The molecule has 5 rings (SSSR count). The summed E-state index contributed by atoms with van der Waals surface area (Å²) in [7, 11) is 0. The number of nitriles is 1. The number of aliphatic hydroxyl groups is 2. The number of hydrogen-bond acceptors (Lipinski definition) is 11. The minimum atomic E-state index is -0.908. The quantitative estimate of drug-likeness (QED) is 0.111. The Labute approximate surface area is 277 Å². The van der Waals surface area contributed by atoms with Crippen LogP contribution in [0.3, 0.4) is 0 Å². The van der Waals surface area contributed by atoms with Gasteiger partial charge in [0.1, 0.15) is 42.7 Å². The highest BCUT2D eigenvalue weighted by atomic mass is 35.5. The van der Waals surface area contributed by atoms with Crippen LogP contribution >= 0.6 is 11.6 Å². The Bertz CT molecular complexity index is 1760. The molecule has 1 saturated heterocycles. The maximum atomic E-state index is 13.0. The van der Waals surface area contributed by atoms with E-state index in [1.807, 2.05) is 18.2 Å². The first kappa shape index (κ1) is 33.6. The van der Waals surface area contributed by atoms with E-state index >= 15 is 0 Å². The van der Waals surface area contributed by atoms with Gasteiger partial charge in [0.05, 0.1) is 46.4 Å². The number of ether oxygens (including phenoxy) is 3. The number of benzene rings is 2. The molecular formula is C34H35ClN6O6. The Morgan fingerprint density at radius 2 is 2.02 bits per heavy atom. The summed E-state index contributed by atoms with van der Waals surface area (Å²) in [6, 6.07) is 16.4. The van der Waals surface area contributed by atoms with Crippen LogP contribution in [0.1, 0.15) is 31.5 Å². The second-order valence-electron chi connectivity index (χ2n) is 10.9. The van der Waals surface area contributed by atoms with Crippen molar-refractivity contribution in [2.45, 2.75) is 45.4 Å². The number of amides is 1. The zero-order valence-electron chi connectivity index (χ0n) is 25.9. The fraction of sp³-hybridized carbons (Fsp3) is 0.294. The van der Waals surface area contributed by atoms with Gasteiger partial charge in [-0.1, -0.05) is 23.7 Å². The molecule has 0 radical (unpaired) electrons. The third-order valence-corrected chi connectivity index (χ3v) is 7.67. The van der Waals surface area contributed by atoms with Gasteiger partial charge in [0, 0.05) is 48.6 Å². The first-order valence-corrected chi connectivity index (χ1v) is 15.4. The third kappa shape index (κ3) is 8.74. The molecule has 1 amide bonds. The number of aliphatic hydroxyl groups excluding tert-OH is 2. The molecule has 3 heterocycles. The SMILES string of the molecule is CC(O)N(C/C=C/C(=O)Nc1cc2c(Nc3ccc(OCc4ccccn4)c(Cl)c3)c(C#N)cnc2cc1OC1CCOC1)C(C)O. The van der Waals surface area contributed by atoms with Gasteiger partial charge in [-0.25, -0.2) is 4.90 Å². The minimum Gasteiger partial charge on any atom is -0.486 e. The summed E-state index contributed by atoms with van der Waals surface area (Å²) in [4.78, 5) is 23.2. The van der Waals surface area contributed by atoms with E-state index in [9.17, 15) is 20.3 Å². The molecule has 12 nitrogen and oxygen atoms in total. The highest BCUT2D eigenvalue weighted by Crippen LogP contribution is 2.38. The molecule has 2 aromatic carbocycles. The van der Waals surface area contributed by atoms with Crippen molar-refractivity contribution in [3.63, 3.8) is 0 Å². The topological polar surface area (TPSA) is 162 Å². The molecule has 3 unspecified atom stereocenters. The third-order valence-electron chi connectivity index (χ3n) is 7.38. The maximum absolute atomic E-state index is 13.0. The second kappa shape index (κ2) is 15.7. The average molecular weight is 659 g/mol. The van der Waals surface area contributed by atoms with Crippen LogP contribution in [-0.2, 0) is 16.1 Å². The normalized spacial score (nSPS) is 15.8. The van der Waals surface area contributed by atoms with Gasteiger partial charge in [-0.15, -0.1) is 0 Å². The Balaban J connectivity index is 1.43. The van der Waals surface area contributed by atoms with Crippen molar-refractivity contribution >= 4 is 45.5 Å². The lowest BCUT2D eigenvalue weighted by Crippen LogP contribution is -2.40. The van der Waals surface area contributed by atoms with Gasteiger partial charge in [-0.3, -0.25) is 14.8 Å². The van der Waals surface area contributed by atoms with Crippen molar-refractivity contribution in [2.75, 3.05) is 30.4 Å². The van der Waals surface area contributed by atoms with Gasteiger partial charge in [0.2, 0.25) is 5.91 Å². The lowest BCUT2D eigenvalue weighted by Gasteiger charge is -2.26. The van der Waals surface area contributed by atoms with Crippen molar-refractivity contribution in [3.05, 3.63) is 89.4 Å². The van der Waals surface area contributed by atoms with Crippen molar-refractivity contribution < 1.29 is 29.2 Å². The molecule has 0 bridgehead atoms. The fourth-order valence-electron chi connectivity index (χ4n) is 4.97. The van der Waals surface area contributed by atoms with E-state index in [-0.39, 0.29) is 24.8 Å². The van der Waals surface area contributed by atoms with Crippen LogP contribution in [0.15, 0.2) is 73.1 Å². The minimum absolute atomic E-state index is 0.141. The number of aromatic nitrogens is 2. The predicted octanol–water partition coefficient (Wildman–Crippen LogP) is 5.12. The lowest BCUT2D eigenvalue weighted by atomic mass is 10.1. The molecule has 4 N–H and O–H groups in total. The Morgan fingerprint density at radius 3 is 2.70 bits per heavy atom. The summed E-state index contributed by atoms with van der Waals surface area (Å²) >= 11 is 6.56. The van der Waals surface area contributed by atoms with E-state index in [4.69, 9.17) is 25.8 Å². The number of carbonyl (C=O) groups excluding carboxylic acids is 1. The Hall–Kier alpha value is -4.77. The van der Waals surface area contributed by atoms with Crippen molar-refractivity contribution in [2.24, 2.45) is 0 Å². The average Bonchev–Trinajstić information content (AvgIpc) is 3.56. The maximum Gasteiger partial charge on any atom is 0.248 e. The number of pyridine rings is 2. The molecule has 0 aliphatic carbocycles. The van der Waals surface area contributed by atoms with E-state index in [1.165, 1.54) is 37.1 Å². The summed E-state index contributed by atoms with van der Waals surface area (Å²) in [6.45, 7) is 4.43. The standard InChI is InChI=1S/C34H35ClN6O6/c1-21(42)41(22(2)43)12-5-7-33(44)40-30-15-27-29(16-32(30)47-26-10-13-45-20-26)38-18-23(17-36)34(27)39-24-8-9-31(28(35)14-24)46-19-25-6-3-4-11-37-25/h3-9,11,14-16,18,21-22,26,42-43H,10,12-13,19-20H2,1-2H3,(H,38,39)(H,40,44)/b7-5+. The van der Waals surface area contributed by atoms with Crippen molar-refractivity contribution in [3.8, 4) is 17.6 Å². The van der Waals surface area contributed by atoms with Gasteiger partial charge in [-0.2, -0.15) is 5.26 Å². The van der Waals surface area contributed by atoms with Gasteiger partial charge in [0.15, 0.2) is 0 Å². The number of anilines is 3. The molecule has 1 aliphatic rings. The summed E-state index contributed by atoms with van der Waals surface area (Å²) in [5, 5.41) is 36.8. The molecular weight excluding hydrogens is 624 g/mol. The summed E-state index contributed by atoms with van der Waals surface area (Å²) in [6.07, 6.45) is 4.68. The largest absolute Gasteiger partial charge is 0.486 e. The van der Waals surface area contributed by atoms with Gasteiger partial charge < -0.3 is 35.1 Å². The van der Waals surface area contributed by atoms with Gasteiger partial charge in [-0.05, 0) is 50.2 Å². The molecule has 1 fully saturated rings. The molecule has 4 aromatic rings. The first-order valence-electron chi connectivity index (χ1n) is 15.0. The van der Waals surface area contributed by atoms with E-state index in [1.54, 1.807) is 36.5 Å². The molecule has 244 valence electrons. The monoisotopic (exact) mass is 658 g/mol. The van der Waals surface area contributed by atoms with E-state index in [2.05, 4.69) is 26.7 Å². The molecule has 2 aromatic heterocycles. The molecule has 47 heavy (non-hydrogen) atoms. The smallest absolute Gasteiger partial charge is 0.248 e. The fourth-order valence-corrected chi connectivity index (χ4v) is 5.20. The summed E-state index contributed by atoms with van der Waals surface area (Å²) < 4.78 is 17.5. The number of nitrogens with one attached hydrogen (secondary N) is 2. The summed E-state index contributed by atoms with van der Waals surface area (Å²) in [5.74, 6) is 0.411. The van der Waals surface area contributed by atoms with E-state index in [0.717, 1.165) is 5.69 Å². The lowest BCUT2D eigenvalue weighted by molar-refractivity contribution is -0.112.